The molecule has 236 valence electrons. The van der Waals surface area contributed by atoms with Gasteiger partial charge in [0.05, 0.1) is 6.10 Å². The highest BCUT2D eigenvalue weighted by Gasteiger charge is 2.34. The highest BCUT2D eigenvalue weighted by molar-refractivity contribution is 5.75. The van der Waals surface area contributed by atoms with Crippen LogP contribution in [0.4, 0.5) is 10.6 Å². The zero-order valence-corrected chi connectivity index (χ0v) is 25.7. The first-order chi connectivity index (χ1) is 20.9. The third kappa shape index (κ3) is 15.8. The van der Waals surface area contributed by atoms with E-state index in [2.05, 4.69) is 83.3 Å². The minimum absolute atomic E-state index is 0.0379. The Morgan fingerprint density at radius 1 is 1.00 bits per heavy atom. The number of carbonyl (C=O) groups excluding carboxylic acids is 2. The van der Waals surface area contributed by atoms with Crippen LogP contribution in [-0.2, 0) is 14.3 Å². The van der Waals surface area contributed by atoms with E-state index in [1.807, 2.05) is 6.92 Å². The zero-order chi connectivity index (χ0) is 31.1. The Labute approximate surface area is 255 Å². The summed E-state index contributed by atoms with van der Waals surface area (Å²) in [6.07, 6.45) is 29.4. The summed E-state index contributed by atoms with van der Waals surface area (Å²) in [4.78, 5) is 39.8. The first-order valence-corrected chi connectivity index (χ1v) is 15.3. The lowest BCUT2D eigenvalue weighted by Gasteiger charge is -2.18. The van der Waals surface area contributed by atoms with Crippen molar-refractivity contribution in [3.8, 4) is 0 Å². The van der Waals surface area contributed by atoms with E-state index >= 15 is 0 Å². The van der Waals surface area contributed by atoms with Gasteiger partial charge in [0.2, 0.25) is 5.91 Å². The number of alkyl carbamates (subject to hydrolysis) is 1. The van der Waals surface area contributed by atoms with E-state index in [9.17, 15) is 14.4 Å². The van der Waals surface area contributed by atoms with Crippen molar-refractivity contribution in [2.45, 2.75) is 84.0 Å². The molecular formula is C33H49N5O5. The molecule has 4 N–H and O–H groups in total. The van der Waals surface area contributed by atoms with E-state index < -0.39 is 18.0 Å². The molecule has 10 nitrogen and oxygen atoms in total. The number of unbranched alkanes of at least 4 members (excludes halogenated alkanes) is 1. The quantitative estimate of drug-likeness (QED) is 0.142. The van der Waals surface area contributed by atoms with Gasteiger partial charge in [-0.2, -0.15) is 4.98 Å². The molecular weight excluding hydrogens is 546 g/mol. The van der Waals surface area contributed by atoms with Gasteiger partial charge >= 0.3 is 11.8 Å². The number of nitrogens with zero attached hydrogens (tertiary/aromatic N) is 2. The zero-order valence-electron chi connectivity index (χ0n) is 25.7. The predicted molar refractivity (Wildman–Crippen MR) is 171 cm³/mol. The lowest BCUT2D eigenvalue weighted by Crippen LogP contribution is -2.35. The summed E-state index contributed by atoms with van der Waals surface area (Å²) >= 11 is 0. The van der Waals surface area contributed by atoms with Crippen LogP contribution in [0.2, 0.25) is 0 Å². The third-order valence-corrected chi connectivity index (χ3v) is 6.63. The van der Waals surface area contributed by atoms with Crippen LogP contribution in [0.1, 0.15) is 77.9 Å². The minimum Gasteiger partial charge on any atom is -0.447 e. The summed E-state index contributed by atoms with van der Waals surface area (Å²) in [6.45, 7) is 4.74. The van der Waals surface area contributed by atoms with Gasteiger partial charge in [-0.15, -0.1) is 0 Å². The molecule has 0 spiro atoms. The van der Waals surface area contributed by atoms with Crippen LogP contribution >= 0.6 is 0 Å². The number of nitrogens with two attached hydrogens (primary N) is 1. The van der Waals surface area contributed by atoms with E-state index in [1.54, 1.807) is 12.3 Å². The number of aromatic nitrogens is 2. The van der Waals surface area contributed by atoms with Gasteiger partial charge in [0.25, 0.3) is 0 Å². The maximum atomic E-state index is 12.1. The second kappa shape index (κ2) is 21.7. The highest BCUT2D eigenvalue weighted by atomic mass is 16.6. The van der Waals surface area contributed by atoms with Crippen molar-refractivity contribution in [2.24, 2.45) is 5.92 Å². The molecule has 1 aliphatic rings. The van der Waals surface area contributed by atoms with Gasteiger partial charge in [0, 0.05) is 31.6 Å². The van der Waals surface area contributed by atoms with Crippen LogP contribution in [0.5, 0.6) is 0 Å². The Bertz CT molecular complexity index is 1170. The second-order valence-corrected chi connectivity index (χ2v) is 10.4. The molecule has 1 aromatic heterocycles. The SMILES string of the molecule is CC/C=C\C/C=C\C/C=C\C/C=C\C/C=C\CCCC(=O)NCCNC(=O)OCC1CC(C)C(n2ccc(N)nc2=O)O1. The number of carbonyl (C=O) groups is 2. The predicted octanol–water partition coefficient (Wildman–Crippen LogP) is 5.51. The Morgan fingerprint density at radius 3 is 2.23 bits per heavy atom. The number of allylic oxidation sites excluding steroid dienone is 10. The number of rotatable bonds is 19. The van der Waals surface area contributed by atoms with Crippen LogP contribution < -0.4 is 22.1 Å². The molecule has 1 fully saturated rings. The van der Waals surface area contributed by atoms with E-state index in [4.69, 9.17) is 15.2 Å². The molecule has 2 heterocycles. The number of nitrogens with one attached hydrogen (secondary N) is 2. The summed E-state index contributed by atoms with van der Waals surface area (Å²) in [5.74, 6) is 0.145. The summed E-state index contributed by atoms with van der Waals surface area (Å²) in [7, 11) is 0. The fourth-order valence-corrected chi connectivity index (χ4v) is 4.41. The van der Waals surface area contributed by atoms with Crippen molar-refractivity contribution in [3.05, 3.63) is 83.5 Å². The Kier molecular flexibility index (Phi) is 17.8. The highest BCUT2D eigenvalue weighted by Crippen LogP contribution is 2.33. The molecule has 0 aliphatic carbocycles. The Balaban J connectivity index is 1.44. The molecule has 3 atom stereocenters. The number of nitrogen functional groups attached to an aromatic ring is 1. The van der Waals surface area contributed by atoms with Gasteiger partial charge < -0.3 is 25.8 Å². The van der Waals surface area contributed by atoms with Crippen LogP contribution in [0.3, 0.4) is 0 Å². The Hall–Kier alpha value is -3.92. The summed E-state index contributed by atoms with van der Waals surface area (Å²) in [5.41, 5.74) is 5.07. The molecule has 1 aliphatic heterocycles. The standard InChI is InChI=1S/C33H49N5O5/c1-3-4-5-6-7-8-9-10-11-12-13-14-15-16-17-18-19-20-30(39)35-22-23-36-33(41)42-26-28-25-27(2)31(43-28)38-24-21-29(34)37-32(38)40/h4-5,7-8,10-11,13-14,16-17,21,24,27-28,31H,3,6,9,12,15,18-20,22-23,25-26H2,1-2H3,(H,35,39)(H,36,41)(H2,34,37,40)/b5-4-,8-7-,11-10-,14-13-,17-16-. The fourth-order valence-electron chi connectivity index (χ4n) is 4.41. The monoisotopic (exact) mass is 595 g/mol. The first-order valence-electron chi connectivity index (χ1n) is 15.3. The van der Waals surface area contributed by atoms with Crippen molar-refractivity contribution in [2.75, 3.05) is 25.4 Å². The lowest BCUT2D eigenvalue weighted by atomic mass is 10.1. The minimum atomic E-state index is -0.585. The van der Waals surface area contributed by atoms with Gasteiger partial charge in [-0.25, -0.2) is 9.59 Å². The topological polar surface area (TPSA) is 138 Å². The second-order valence-electron chi connectivity index (χ2n) is 10.4. The van der Waals surface area contributed by atoms with Crippen LogP contribution in [0.15, 0.2) is 77.8 Å². The molecule has 3 unspecified atom stereocenters. The van der Waals surface area contributed by atoms with Gasteiger partial charge in [-0.05, 0) is 57.4 Å². The molecule has 1 saturated heterocycles. The molecule has 0 aromatic carbocycles. The van der Waals surface area contributed by atoms with Crippen LogP contribution in [0.25, 0.3) is 0 Å². The molecule has 0 radical (unpaired) electrons. The lowest BCUT2D eigenvalue weighted by molar-refractivity contribution is -0.121. The summed E-state index contributed by atoms with van der Waals surface area (Å²) < 4.78 is 12.6. The van der Waals surface area contributed by atoms with E-state index in [-0.39, 0.29) is 36.9 Å². The third-order valence-electron chi connectivity index (χ3n) is 6.63. The van der Waals surface area contributed by atoms with E-state index in [0.29, 0.717) is 19.4 Å². The average Bonchev–Trinajstić information content (AvgIpc) is 3.35. The Morgan fingerprint density at radius 2 is 1.60 bits per heavy atom. The first kappa shape index (κ1) is 35.3. The largest absolute Gasteiger partial charge is 0.447 e. The fraction of sp³-hybridized carbons (Fsp3) is 0.515. The molecule has 0 bridgehead atoms. The molecule has 2 amide bonds. The smallest absolute Gasteiger partial charge is 0.407 e. The number of ether oxygens (including phenoxy) is 2. The van der Waals surface area contributed by atoms with Crippen molar-refractivity contribution >= 4 is 17.8 Å². The molecule has 10 heteroatoms. The average molecular weight is 596 g/mol. The van der Waals surface area contributed by atoms with E-state index in [1.165, 1.54) is 4.57 Å². The normalized spacial score (nSPS) is 19.0. The van der Waals surface area contributed by atoms with Crippen molar-refractivity contribution < 1.29 is 19.1 Å². The molecule has 2 rings (SSSR count). The van der Waals surface area contributed by atoms with Crippen LogP contribution in [-0.4, -0.2) is 47.4 Å². The van der Waals surface area contributed by atoms with E-state index in [0.717, 1.165) is 44.9 Å². The van der Waals surface area contributed by atoms with Gasteiger partial charge in [0.1, 0.15) is 18.7 Å². The number of amides is 2. The van der Waals surface area contributed by atoms with Crippen molar-refractivity contribution in [3.63, 3.8) is 0 Å². The van der Waals surface area contributed by atoms with Crippen molar-refractivity contribution in [1.29, 1.82) is 0 Å². The number of hydrogen-bond acceptors (Lipinski definition) is 7. The number of hydrogen-bond donors (Lipinski definition) is 3. The maximum Gasteiger partial charge on any atom is 0.407 e. The molecule has 43 heavy (non-hydrogen) atoms. The molecule has 0 saturated carbocycles. The van der Waals surface area contributed by atoms with Gasteiger partial charge in [-0.1, -0.05) is 74.6 Å². The van der Waals surface area contributed by atoms with Crippen LogP contribution in [0, 0.1) is 5.92 Å². The van der Waals surface area contributed by atoms with Crippen molar-refractivity contribution in [1.82, 2.24) is 20.2 Å². The summed E-state index contributed by atoms with van der Waals surface area (Å²) in [6, 6.07) is 1.54. The number of anilines is 1. The summed E-state index contributed by atoms with van der Waals surface area (Å²) in [5, 5.41) is 5.42. The van der Waals surface area contributed by atoms with Gasteiger partial charge in [-0.3, -0.25) is 9.36 Å². The maximum absolute atomic E-state index is 12.1. The van der Waals surface area contributed by atoms with Gasteiger partial charge in [0.15, 0.2) is 0 Å². The molecule has 1 aromatic rings.